The predicted octanol–water partition coefficient (Wildman–Crippen LogP) is 2.96. The van der Waals surface area contributed by atoms with Crippen molar-refractivity contribution < 1.29 is 4.79 Å². The molecule has 0 aliphatic rings. The van der Waals surface area contributed by atoms with E-state index in [9.17, 15) is 4.79 Å². The van der Waals surface area contributed by atoms with Crippen LogP contribution in [0, 0.1) is 17.2 Å². The molecule has 0 bridgehead atoms. The molecule has 1 N–H and O–H groups in total. The molecule has 0 aromatic heterocycles. The maximum Gasteiger partial charge on any atom is 0.321 e. The largest absolute Gasteiger partial charge is 0.326 e. The average molecular weight is 252 g/mol. The summed E-state index contributed by atoms with van der Waals surface area (Å²) in [4.78, 5) is 13.2. The number of rotatable bonds is 3. The molecule has 4 nitrogen and oxygen atoms in total. The zero-order chi connectivity index (χ0) is 12.8. The van der Waals surface area contributed by atoms with E-state index in [1.165, 1.54) is 4.90 Å². The second kappa shape index (κ2) is 6.12. The summed E-state index contributed by atoms with van der Waals surface area (Å²) in [6.45, 7) is 2.17. The fourth-order valence-electron chi connectivity index (χ4n) is 1.29. The van der Waals surface area contributed by atoms with Gasteiger partial charge in [0.2, 0.25) is 0 Å². The van der Waals surface area contributed by atoms with Crippen molar-refractivity contribution in [3.05, 3.63) is 29.3 Å². The summed E-state index contributed by atoms with van der Waals surface area (Å²) in [6.07, 6.45) is 0. The molecule has 0 aliphatic carbocycles. The summed E-state index contributed by atoms with van der Waals surface area (Å²) < 4.78 is 0. The first-order chi connectivity index (χ1) is 8.02. The maximum atomic E-state index is 11.7. The summed E-state index contributed by atoms with van der Waals surface area (Å²) in [5.74, 6) is -0.184. The minimum absolute atomic E-state index is 0.184. The number of hydrogen-bond acceptors (Lipinski definition) is 2. The molecule has 1 aromatic carbocycles. The van der Waals surface area contributed by atoms with Crippen LogP contribution in [0.1, 0.15) is 6.92 Å². The Balaban J connectivity index is 2.54. The molecular formula is C12H14ClN3O. The molecule has 0 fully saturated rings. The Morgan fingerprint density at radius 3 is 2.65 bits per heavy atom. The van der Waals surface area contributed by atoms with Gasteiger partial charge in [0.1, 0.15) is 0 Å². The number of hydrogen-bond donors (Lipinski definition) is 1. The molecule has 1 atom stereocenters. The Labute approximate surface area is 106 Å². The van der Waals surface area contributed by atoms with Crippen molar-refractivity contribution >= 4 is 23.3 Å². The summed E-state index contributed by atoms with van der Waals surface area (Å²) in [5.41, 5.74) is 0.677. The number of amides is 2. The fraction of sp³-hybridized carbons (Fsp3) is 0.333. The Hall–Kier alpha value is -1.73. The van der Waals surface area contributed by atoms with Crippen molar-refractivity contribution in [1.29, 1.82) is 5.26 Å². The molecule has 0 heterocycles. The van der Waals surface area contributed by atoms with Gasteiger partial charge in [-0.3, -0.25) is 0 Å². The van der Waals surface area contributed by atoms with E-state index in [1.807, 2.05) is 0 Å². The van der Waals surface area contributed by atoms with Gasteiger partial charge in [0.25, 0.3) is 0 Å². The third-order valence-corrected chi connectivity index (χ3v) is 2.46. The molecule has 5 heteroatoms. The Morgan fingerprint density at radius 1 is 1.53 bits per heavy atom. The van der Waals surface area contributed by atoms with Gasteiger partial charge in [0.15, 0.2) is 0 Å². The van der Waals surface area contributed by atoms with Crippen molar-refractivity contribution in [1.82, 2.24) is 4.90 Å². The maximum absolute atomic E-state index is 11.7. The van der Waals surface area contributed by atoms with Crippen molar-refractivity contribution in [2.45, 2.75) is 6.92 Å². The fourth-order valence-corrected chi connectivity index (χ4v) is 1.41. The highest BCUT2D eigenvalue weighted by atomic mass is 35.5. The van der Waals surface area contributed by atoms with Gasteiger partial charge in [-0.2, -0.15) is 5.26 Å². The van der Waals surface area contributed by atoms with Crippen molar-refractivity contribution in [2.24, 2.45) is 5.92 Å². The van der Waals surface area contributed by atoms with Crippen LogP contribution in [-0.2, 0) is 0 Å². The third kappa shape index (κ3) is 4.33. The first-order valence-electron chi connectivity index (χ1n) is 5.20. The summed E-state index contributed by atoms with van der Waals surface area (Å²) in [6, 6.07) is 8.70. The molecule has 0 spiro atoms. The summed E-state index contributed by atoms with van der Waals surface area (Å²) >= 11 is 5.74. The number of urea groups is 1. The summed E-state index contributed by atoms with van der Waals surface area (Å²) in [7, 11) is 1.65. The second-order valence-corrected chi connectivity index (χ2v) is 4.28. The highest BCUT2D eigenvalue weighted by Crippen LogP contribution is 2.13. The smallest absolute Gasteiger partial charge is 0.321 e. The number of nitrogens with one attached hydrogen (secondary N) is 1. The lowest BCUT2D eigenvalue weighted by atomic mass is 10.2. The monoisotopic (exact) mass is 251 g/mol. The van der Waals surface area contributed by atoms with Gasteiger partial charge >= 0.3 is 6.03 Å². The lowest BCUT2D eigenvalue weighted by molar-refractivity contribution is 0.219. The molecule has 1 aromatic rings. The van der Waals surface area contributed by atoms with Crippen LogP contribution in [0.15, 0.2) is 24.3 Å². The van der Waals surface area contributed by atoms with Gasteiger partial charge in [-0.25, -0.2) is 4.79 Å². The van der Waals surface area contributed by atoms with Crippen LogP contribution in [0.5, 0.6) is 0 Å². The zero-order valence-corrected chi connectivity index (χ0v) is 10.5. The highest BCUT2D eigenvalue weighted by Gasteiger charge is 2.11. The van der Waals surface area contributed by atoms with Gasteiger partial charge < -0.3 is 10.2 Å². The molecule has 2 amide bonds. The first kappa shape index (κ1) is 13.3. The van der Waals surface area contributed by atoms with Crippen LogP contribution in [-0.4, -0.2) is 24.5 Å². The van der Waals surface area contributed by atoms with Crippen molar-refractivity contribution in [2.75, 3.05) is 18.9 Å². The molecule has 0 saturated carbocycles. The molecular weight excluding hydrogens is 238 g/mol. The normalized spacial score (nSPS) is 11.4. The standard InChI is InChI=1S/C12H14ClN3O/c1-9(7-14)8-16(2)12(17)15-11-5-3-10(13)4-6-11/h3-6,9H,8H2,1-2H3,(H,15,17). The van der Waals surface area contributed by atoms with Gasteiger partial charge in [-0.1, -0.05) is 11.6 Å². The zero-order valence-electron chi connectivity index (χ0n) is 9.77. The quantitative estimate of drug-likeness (QED) is 0.898. The minimum Gasteiger partial charge on any atom is -0.326 e. The lowest BCUT2D eigenvalue weighted by Gasteiger charge is -2.18. The number of carbonyl (C=O) groups excluding carboxylic acids is 1. The second-order valence-electron chi connectivity index (χ2n) is 3.85. The lowest BCUT2D eigenvalue weighted by Crippen LogP contribution is -2.34. The Kier molecular flexibility index (Phi) is 4.80. The van der Waals surface area contributed by atoms with Crippen LogP contribution >= 0.6 is 11.6 Å². The van der Waals surface area contributed by atoms with E-state index in [1.54, 1.807) is 38.2 Å². The predicted molar refractivity (Wildman–Crippen MR) is 67.9 cm³/mol. The number of nitriles is 1. The molecule has 17 heavy (non-hydrogen) atoms. The van der Waals surface area contributed by atoms with Gasteiger partial charge in [0.05, 0.1) is 12.0 Å². The molecule has 1 rings (SSSR count). The average Bonchev–Trinajstić information content (AvgIpc) is 2.31. The van der Waals surface area contributed by atoms with E-state index < -0.39 is 0 Å². The van der Waals surface area contributed by atoms with E-state index in [0.29, 0.717) is 17.3 Å². The Bertz CT molecular complexity index is 424. The van der Waals surface area contributed by atoms with Crippen LogP contribution in [0.4, 0.5) is 10.5 Å². The summed E-state index contributed by atoms with van der Waals surface area (Å²) in [5, 5.41) is 12.0. The highest BCUT2D eigenvalue weighted by molar-refractivity contribution is 6.30. The molecule has 90 valence electrons. The number of anilines is 1. The number of halogens is 1. The van der Waals surface area contributed by atoms with Crippen LogP contribution in [0.3, 0.4) is 0 Å². The van der Waals surface area contributed by atoms with Crippen LogP contribution in [0.2, 0.25) is 5.02 Å². The molecule has 0 aliphatic heterocycles. The SMILES string of the molecule is CC(C#N)CN(C)C(=O)Nc1ccc(Cl)cc1. The first-order valence-corrected chi connectivity index (χ1v) is 5.58. The topological polar surface area (TPSA) is 56.1 Å². The van der Waals surface area contributed by atoms with Crippen molar-refractivity contribution in [3.8, 4) is 6.07 Å². The number of carbonyl (C=O) groups is 1. The number of nitrogens with zero attached hydrogens (tertiary/aromatic N) is 2. The van der Waals surface area contributed by atoms with E-state index in [4.69, 9.17) is 16.9 Å². The number of benzene rings is 1. The van der Waals surface area contributed by atoms with Crippen LogP contribution < -0.4 is 5.32 Å². The van der Waals surface area contributed by atoms with Crippen molar-refractivity contribution in [3.63, 3.8) is 0 Å². The van der Waals surface area contributed by atoms with Gasteiger partial charge in [-0.15, -0.1) is 0 Å². The van der Waals surface area contributed by atoms with E-state index in [0.717, 1.165) is 0 Å². The molecule has 0 radical (unpaired) electrons. The van der Waals surface area contributed by atoms with E-state index >= 15 is 0 Å². The van der Waals surface area contributed by atoms with E-state index in [-0.39, 0.29) is 11.9 Å². The molecule has 0 saturated heterocycles. The van der Waals surface area contributed by atoms with E-state index in [2.05, 4.69) is 11.4 Å². The minimum atomic E-state index is -0.241. The molecule has 1 unspecified atom stereocenters. The van der Waals surface area contributed by atoms with Crippen LogP contribution in [0.25, 0.3) is 0 Å². The Morgan fingerprint density at radius 2 is 2.12 bits per heavy atom. The third-order valence-electron chi connectivity index (χ3n) is 2.21. The van der Waals surface area contributed by atoms with Gasteiger partial charge in [-0.05, 0) is 31.2 Å². The van der Waals surface area contributed by atoms with Gasteiger partial charge in [0, 0.05) is 24.3 Å².